The summed E-state index contributed by atoms with van der Waals surface area (Å²) in [4.78, 5) is 0. The van der Waals surface area contributed by atoms with Crippen LogP contribution in [0.15, 0.2) is 0 Å². The molecule has 1 heterocycles. The first-order valence-corrected chi connectivity index (χ1v) is 7.21. The van der Waals surface area contributed by atoms with Gasteiger partial charge in [0, 0.05) is 17.6 Å². The molecule has 1 fully saturated rings. The Bertz CT molecular complexity index is 150. The highest BCUT2D eigenvalue weighted by molar-refractivity contribution is 8.69. The zero-order valence-corrected chi connectivity index (χ0v) is 8.83. The van der Waals surface area contributed by atoms with Crippen LogP contribution in [0.1, 0.15) is 32.1 Å². The molecule has 1 aliphatic rings. The quantitative estimate of drug-likeness (QED) is 0.552. The monoisotopic (exact) mass is 208 g/mol. The summed E-state index contributed by atoms with van der Waals surface area (Å²) in [6.07, 6.45) is 5.50. The van der Waals surface area contributed by atoms with E-state index in [0.29, 0.717) is 11.9 Å². The van der Waals surface area contributed by atoms with Gasteiger partial charge in [0.15, 0.2) is 0 Å². The maximum absolute atomic E-state index is 11.0. The van der Waals surface area contributed by atoms with Gasteiger partial charge in [0.05, 0.1) is 9.83 Å². The SMILES string of the molecule is O=S1CC[C@H](CCCCCO)S1. The number of unbranched alkanes of at least 4 members (excludes halogenated alkanes) is 2. The molecule has 2 atom stereocenters. The Kier molecular flexibility index (Phi) is 5.27. The van der Waals surface area contributed by atoms with Crippen LogP contribution in [0, 0.1) is 0 Å². The molecule has 1 rings (SSSR count). The van der Waals surface area contributed by atoms with Gasteiger partial charge < -0.3 is 5.11 Å². The second-order valence-corrected chi connectivity index (χ2v) is 6.66. The van der Waals surface area contributed by atoms with E-state index in [1.807, 2.05) is 0 Å². The maximum Gasteiger partial charge on any atom is 0.0806 e. The molecule has 0 saturated carbocycles. The van der Waals surface area contributed by atoms with Crippen molar-refractivity contribution in [3.05, 3.63) is 0 Å². The summed E-state index contributed by atoms with van der Waals surface area (Å²) in [6.45, 7) is 0.309. The van der Waals surface area contributed by atoms with Crippen molar-refractivity contribution in [3.63, 3.8) is 0 Å². The molecule has 0 spiro atoms. The largest absolute Gasteiger partial charge is 0.396 e. The van der Waals surface area contributed by atoms with E-state index < -0.39 is 9.83 Å². The fourth-order valence-electron chi connectivity index (χ4n) is 1.33. The summed E-state index contributed by atoms with van der Waals surface area (Å²) in [5.41, 5.74) is 0. The smallest absolute Gasteiger partial charge is 0.0806 e. The number of hydrogen-bond donors (Lipinski definition) is 1. The Hall–Kier alpha value is 0.460. The van der Waals surface area contributed by atoms with Crippen LogP contribution in [0.25, 0.3) is 0 Å². The van der Waals surface area contributed by atoms with E-state index in [4.69, 9.17) is 5.11 Å². The molecule has 1 unspecified atom stereocenters. The second kappa shape index (κ2) is 6.00. The molecule has 1 aliphatic heterocycles. The molecule has 2 nitrogen and oxygen atoms in total. The zero-order valence-electron chi connectivity index (χ0n) is 7.20. The third-order valence-electron chi connectivity index (χ3n) is 2.03. The molecular formula is C8H16O2S2. The molecule has 0 bridgehead atoms. The zero-order chi connectivity index (χ0) is 8.81. The predicted octanol–water partition coefficient (Wildman–Crippen LogP) is 1.71. The Labute approximate surface area is 80.0 Å². The number of aliphatic hydroxyl groups excluding tert-OH is 1. The van der Waals surface area contributed by atoms with Gasteiger partial charge in [-0.05, 0) is 19.3 Å². The van der Waals surface area contributed by atoms with E-state index in [0.717, 1.165) is 25.0 Å². The van der Waals surface area contributed by atoms with Crippen LogP contribution in [0.4, 0.5) is 0 Å². The third kappa shape index (κ3) is 3.92. The highest BCUT2D eigenvalue weighted by Crippen LogP contribution is 2.31. The van der Waals surface area contributed by atoms with Crippen LogP contribution in [0.5, 0.6) is 0 Å². The summed E-state index contributed by atoms with van der Waals surface area (Å²) in [5.74, 6) is 0.884. The molecule has 0 aliphatic carbocycles. The fourth-order valence-corrected chi connectivity index (χ4v) is 4.90. The second-order valence-electron chi connectivity index (χ2n) is 3.09. The molecule has 0 amide bonds. The molecule has 1 N–H and O–H groups in total. The molecule has 0 aromatic rings. The Morgan fingerprint density at radius 3 is 2.83 bits per heavy atom. The lowest BCUT2D eigenvalue weighted by atomic mass is 10.1. The fraction of sp³-hybridized carbons (Fsp3) is 1.00. The third-order valence-corrected chi connectivity index (χ3v) is 5.52. The highest BCUT2D eigenvalue weighted by Gasteiger charge is 2.20. The van der Waals surface area contributed by atoms with Crippen LogP contribution >= 0.6 is 10.8 Å². The van der Waals surface area contributed by atoms with Crippen LogP contribution < -0.4 is 0 Å². The van der Waals surface area contributed by atoms with E-state index in [1.165, 1.54) is 12.8 Å². The minimum Gasteiger partial charge on any atom is -0.396 e. The first kappa shape index (κ1) is 10.5. The molecule has 0 radical (unpaired) electrons. The average molecular weight is 208 g/mol. The van der Waals surface area contributed by atoms with Gasteiger partial charge in [0.2, 0.25) is 0 Å². The molecule has 72 valence electrons. The normalized spacial score (nSPS) is 29.4. The first-order valence-electron chi connectivity index (χ1n) is 4.49. The van der Waals surface area contributed by atoms with Crippen molar-refractivity contribution in [2.24, 2.45) is 0 Å². The summed E-state index contributed by atoms with van der Waals surface area (Å²) < 4.78 is 11.0. The van der Waals surface area contributed by atoms with Crippen molar-refractivity contribution in [2.45, 2.75) is 37.4 Å². The predicted molar refractivity (Wildman–Crippen MR) is 54.6 cm³/mol. The Morgan fingerprint density at radius 1 is 1.42 bits per heavy atom. The van der Waals surface area contributed by atoms with Gasteiger partial charge in [-0.25, -0.2) is 4.21 Å². The summed E-state index contributed by atoms with van der Waals surface area (Å²) >= 11 is 0. The lowest BCUT2D eigenvalue weighted by Gasteiger charge is -2.04. The van der Waals surface area contributed by atoms with Gasteiger partial charge in [-0.3, -0.25) is 0 Å². The van der Waals surface area contributed by atoms with Crippen molar-refractivity contribution in [1.29, 1.82) is 0 Å². The summed E-state index contributed by atoms with van der Waals surface area (Å²) in [7, 11) is 1.04. The Balaban J connectivity index is 1.97. The lowest BCUT2D eigenvalue weighted by Crippen LogP contribution is -1.97. The van der Waals surface area contributed by atoms with E-state index in [2.05, 4.69) is 0 Å². The molecule has 4 heteroatoms. The van der Waals surface area contributed by atoms with Gasteiger partial charge >= 0.3 is 0 Å². The van der Waals surface area contributed by atoms with Gasteiger partial charge in [0.1, 0.15) is 0 Å². The first-order chi connectivity index (χ1) is 5.83. The minimum atomic E-state index is -0.593. The van der Waals surface area contributed by atoms with E-state index in [1.54, 1.807) is 10.8 Å². The Morgan fingerprint density at radius 2 is 2.25 bits per heavy atom. The summed E-state index contributed by atoms with van der Waals surface area (Å²) in [6, 6.07) is 0. The van der Waals surface area contributed by atoms with Crippen molar-refractivity contribution in [1.82, 2.24) is 0 Å². The van der Waals surface area contributed by atoms with Gasteiger partial charge in [-0.2, -0.15) is 0 Å². The van der Waals surface area contributed by atoms with Crippen LogP contribution in [-0.4, -0.2) is 26.9 Å². The molecular weight excluding hydrogens is 192 g/mol. The van der Waals surface area contributed by atoms with Gasteiger partial charge in [-0.1, -0.05) is 23.6 Å². The van der Waals surface area contributed by atoms with Crippen LogP contribution in [0.2, 0.25) is 0 Å². The van der Waals surface area contributed by atoms with Crippen molar-refractivity contribution >= 4 is 20.6 Å². The topological polar surface area (TPSA) is 37.3 Å². The van der Waals surface area contributed by atoms with Crippen LogP contribution in [0.3, 0.4) is 0 Å². The molecule has 1 saturated heterocycles. The van der Waals surface area contributed by atoms with Crippen molar-refractivity contribution < 1.29 is 9.32 Å². The molecule has 12 heavy (non-hydrogen) atoms. The number of hydrogen-bond acceptors (Lipinski definition) is 3. The van der Waals surface area contributed by atoms with Crippen LogP contribution in [-0.2, 0) is 9.83 Å². The van der Waals surface area contributed by atoms with Gasteiger partial charge in [-0.15, -0.1) is 0 Å². The molecule has 0 aromatic carbocycles. The number of rotatable bonds is 5. The van der Waals surface area contributed by atoms with Crippen molar-refractivity contribution in [2.75, 3.05) is 12.4 Å². The highest BCUT2D eigenvalue weighted by atomic mass is 33.1. The van der Waals surface area contributed by atoms with E-state index in [-0.39, 0.29) is 0 Å². The number of aliphatic hydroxyl groups is 1. The standard InChI is InChI=1S/C8H16O2S2/c9-6-3-1-2-4-8-5-7-12(10)11-8/h8-9H,1-7H2/t8-,12?/m0/s1. The summed E-state index contributed by atoms with van der Waals surface area (Å²) in [5, 5.41) is 9.18. The lowest BCUT2D eigenvalue weighted by molar-refractivity contribution is 0.282. The van der Waals surface area contributed by atoms with E-state index in [9.17, 15) is 4.21 Å². The minimum absolute atomic E-state index is 0.309. The van der Waals surface area contributed by atoms with Gasteiger partial charge in [0.25, 0.3) is 0 Å². The molecule has 0 aromatic heterocycles. The average Bonchev–Trinajstić information content (AvgIpc) is 2.45. The van der Waals surface area contributed by atoms with Crippen molar-refractivity contribution in [3.8, 4) is 0 Å². The maximum atomic E-state index is 11.0. The van der Waals surface area contributed by atoms with E-state index >= 15 is 0 Å².